The maximum atomic E-state index is 12.6. The molecule has 2 unspecified atom stereocenters. The van der Waals surface area contributed by atoms with Crippen LogP contribution in [0.5, 0.6) is 0 Å². The van der Waals surface area contributed by atoms with Gasteiger partial charge >= 0.3 is 0 Å². The Morgan fingerprint density at radius 1 is 1.30 bits per heavy atom. The number of ketones is 1. The number of Topliss-reactive ketones (excluding diaryl/α,β-unsaturated/α-hetero) is 1. The molecule has 20 heavy (non-hydrogen) atoms. The molecular formula is C17H26O3. The van der Waals surface area contributed by atoms with Crippen molar-refractivity contribution in [2.24, 2.45) is 10.8 Å². The Bertz CT molecular complexity index is 420. The van der Waals surface area contributed by atoms with Gasteiger partial charge in [-0.2, -0.15) is 0 Å². The lowest BCUT2D eigenvalue weighted by molar-refractivity contribution is -0.141. The molecular weight excluding hydrogens is 252 g/mol. The summed E-state index contributed by atoms with van der Waals surface area (Å²) in [5.74, 6) is 0.492. The Kier molecular flexibility index (Phi) is 3.76. The van der Waals surface area contributed by atoms with E-state index in [9.17, 15) is 4.79 Å². The molecule has 0 N–H and O–H groups in total. The largest absolute Gasteiger partial charge is 0.359 e. The maximum absolute atomic E-state index is 12.6. The van der Waals surface area contributed by atoms with Crippen LogP contribution in [0.25, 0.3) is 0 Å². The summed E-state index contributed by atoms with van der Waals surface area (Å²) < 4.78 is 11.1. The molecule has 112 valence electrons. The van der Waals surface area contributed by atoms with E-state index >= 15 is 0 Å². The van der Waals surface area contributed by atoms with Crippen LogP contribution in [0.3, 0.4) is 0 Å². The van der Waals surface area contributed by atoms with Crippen LogP contribution in [0.1, 0.15) is 58.3 Å². The van der Waals surface area contributed by atoms with Gasteiger partial charge in [0.05, 0.1) is 11.5 Å². The molecule has 0 saturated heterocycles. The van der Waals surface area contributed by atoms with Crippen molar-refractivity contribution in [3.8, 4) is 0 Å². The zero-order chi connectivity index (χ0) is 14.2. The van der Waals surface area contributed by atoms with Crippen LogP contribution < -0.4 is 0 Å². The smallest absolute Gasteiger partial charge is 0.146 e. The van der Waals surface area contributed by atoms with E-state index in [1.165, 1.54) is 18.4 Å². The maximum Gasteiger partial charge on any atom is 0.146 e. The van der Waals surface area contributed by atoms with Gasteiger partial charge in [-0.05, 0) is 32.1 Å². The standard InChI is InChI=1S/C17H26O3/c1-16-11-8-14(18)17(9-3-4-10-17)13(16)6-5-7-15(16)20-12-19-2/h6,15H,3-5,7-12H2,1-2H3. The van der Waals surface area contributed by atoms with E-state index in [0.717, 1.165) is 38.5 Å². The van der Waals surface area contributed by atoms with Gasteiger partial charge in [0.2, 0.25) is 0 Å². The first-order valence-corrected chi connectivity index (χ1v) is 7.98. The summed E-state index contributed by atoms with van der Waals surface area (Å²) in [7, 11) is 1.67. The van der Waals surface area contributed by atoms with Crippen molar-refractivity contribution in [2.45, 2.75) is 64.4 Å². The number of hydrogen-bond acceptors (Lipinski definition) is 3. The lowest BCUT2D eigenvalue weighted by Gasteiger charge is -2.52. The summed E-state index contributed by atoms with van der Waals surface area (Å²) in [6.45, 7) is 2.67. The highest BCUT2D eigenvalue weighted by Crippen LogP contribution is 2.60. The van der Waals surface area contributed by atoms with Gasteiger partial charge in [0.15, 0.2) is 0 Å². The molecule has 0 amide bonds. The fraction of sp³-hybridized carbons (Fsp3) is 0.824. The molecule has 0 bridgehead atoms. The number of hydrogen-bond donors (Lipinski definition) is 0. The Balaban J connectivity index is 1.94. The minimum Gasteiger partial charge on any atom is -0.359 e. The van der Waals surface area contributed by atoms with Crippen molar-refractivity contribution in [1.29, 1.82) is 0 Å². The number of allylic oxidation sites excluding steroid dienone is 1. The number of rotatable bonds is 3. The first-order chi connectivity index (χ1) is 9.63. The van der Waals surface area contributed by atoms with Crippen LogP contribution >= 0.6 is 0 Å². The van der Waals surface area contributed by atoms with Crippen molar-refractivity contribution in [3.63, 3.8) is 0 Å². The summed E-state index contributed by atoms with van der Waals surface area (Å²) >= 11 is 0. The van der Waals surface area contributed by atoms with Crippen molar-refractivity contribution >= 4 is 5.78 Å². The Morgan fingerprint density at radius 2 is 2.05 bits per heavy atom. The van der Waals surface area contributed by atoms with Gasteiger partial charge in [-0.1, -0.05) is 31.4 Å². The number of carbonyl (C=O) groups excluding carboxylic acids is 1. The van der Waals surface area contributed by atoms with E-state index in [-0.39, 0.29) is 16.9 Å². The molecule has 1 spiro atoms. The SMILES string of the molecule is COCOC1CCC=C2C3(CCCC3)C(=O)CCC21C. The number of fused-ring (bicyclic) bond motifs is 2. The normalized spacial score (nSPS) is 36.0. The Hall–Kier alpha value is -0.670. The highest BCUT2D eigenvalue weighted by atomic mass is 16.7. The molecule has 0 radical (unpaired) electrons. The fourth-order valence-corrected chi connectivity index (χ4v) is 4.85. The summed E-state index contributed by atoms with van der Waals surface area (Å²) in [6.07, 6.45) is 10.8. The van der Waals surface area contributed by atoms with Crippen molar-refractivity contribution in [1.82, 2.24) is 0 Å². The summed E-state index contributed by atoms with van der Waals surface area (Å²) in [5.41, 5.74) is 1.31. The Morgan fingerprint density at radius 3 is 2.75 bits per heavy atom. The van der Waals surface area contributed by atoms with E-state index in [1.807, 2.05) is 0 Å². The predicted octanol–water partition coefficient (Wildman–Crippen LogP) is 3.63. The van der Waals surface area contributed by atoms with Crippen molar-refractivity contribution in [3.05, 3.63) is 11.6 Å². The van der Waals surface area contributed by atoms with Gasteiger partial charge in [0.1, 0.15) is 12.6 Å². The molecule has 3 heteroatoms. The quantitative estimate of drug-likeness (QED) is 0.584. The molecule has 0 aliphatic heterocycles. The van der Waals surface area contributed by atoms with Crippen LogP contribution in [0.2, 0.25) is 0 Å². The first-order valence-electron chi connectivity index (χ1n) is 7.98. The number of ether oxygens (including phenoxy) is 2. The second-order valence-corrected chi connectivity index (χ2v) is 6.89. The van der Waals surface area contributed by atoms with Crippen LogP contribution in [0.4, 0.5) is 0 Å². The average molecular weight is 278 g/mol. The molecule has 2 atom stereocenters. The molecule has 3 nitrogen and oxygen atoms in total. The van der Waals surface area contributed by atoms with Crippen LogP contribution in [0, 0.1) is 10.8 Å². The van der Waals surface area contributed by atoms with E-state index < -0.39 is 0 Å². The molecule has 0 aromatic heterocycles. The minimum absolute atomic E-state index is 0.0367. The highest BCUT2D eigenvalue weighted by molar-refractivity contribution is 5.90. The number of methoxy groups -OCH3 is 1. The topological polar surface area (TPSA) is 35.5 Å². The highest BCUT2D eigenvalue weighted by Gasteiger charge is 2.56. The van der Waals surface area contributed by atoms with Gasteiger partial charge in [-0.25, -0.2) is 0 Å². The third-order valence-corrected chi connectivity index (χ3v) is 5.87. The molecule has 3 rings (SSSR count). The van der Waals surface area contributed by atoms with E-state index in [1.54, 1.807) is 7.11 Å². The average Bonchev–Trinajstić information content (AvgIpc) is 2.92. The summed E-state index contributed by atoms with van der Waals surface area (Å²) in [4.78, 5) is 12.6. The zero-order valence-corrected chi connectivity index (χ0v) is 12.7. The predicted molar refractivity (Wildman–Crippen MR) is 77.3 cm³/mol. The zero-order valence-electron chi connectivity index (χ0n) is 12.7. The third kappa shape index (κ3) is 1.98. The lowest BCUT2D eigenvalue weighted by Crippen LogP contribution is -2.50. The van der Waals surface area contributed by atoms with Crippen LogP contribution in [0.15, 0.2) is 11.6 Å². The first kappa shape index (κ1) is 14.3. The van der Waals surface area contributed by atoms with E-state index in [2.05, 4.69) is 13.0 Å². The third-order valence-electron chi connectivity index (χ3n) is 5.87. The molecule has 3 aliphatic rings. The lowest BCUT2D eigenvalue weighted by atomic mass is 9.53. The monoisotopic (exact) mass is 278 g/mol. The molecule has 0 aromatic rings. The molecule has 2 fully saturated rings. The van der Waals surface area contributed by atoms with Gasteiger partial charge < -0.3 is 9.47 Å². The molecule has 0 aromatic carbocycles. The van der Waals surface area contributed by atoms with Gasteiger partial charge in [0.25, 0.3) is 0 Å². The minimum atomic E-state index is -0.137. The fourth-order valence-electron chi connectivity index (χ4n) is 4.85. The van der Waals surface area contributed by atoms with E-state index in [4.69, 9.17) is 9.47 Å². The second kappa shape index (κ2) is 5.27. The van der Waals surface area contributed by atoms with Crippen LogP contribution in [-0.4, -0.2) is 25.8 Å². The molecule has 3 aliphatic carbocycles. The number of carbonyl (C=O) groups is 1. The Labute approximate surface area is 121 Å². The molecule has 0 heterocycles. The summed E-state index contributed by atoms with van der Waals surface area (Å²) in [6, 6.07) is 0. The van der Waals surface area contributed by atoms with Gasteiger partial charge in [0, 0.05) is 18.9 Å². The van der Waals surface area contributed by atoms with Gasteiger partial charge in [-0.15, -0.1) is 0 Å². The van der Waals surface area contributed by atoms with Crippen molar-refractivity contribution in [2.75, 3.05) is 13.9 Å². The molecule has 2 saturated carbocycles. The van der Waals surface area contributed by atoms with E-state index in [0.29, 0.717) is 12.6 Å². The van der Waals surface area contributed by atoms with Gasteiger partial charge in [-0.3, -0.25) is 4.79 Å². The van der Waals surface area contributed by atoms with Crippen molar-refractivity contribution < 1.29 is 14.3 Å². The second-order valence-electron chi connectivity index (χ2n) is 6.89. The van der Waals surface area contributed by atoms with Crippen LogP contribution in [-0.2, 0) is 14.3 Å². The summed E-state index contributed by atoms with van der Waals surface area (Å²) in [5, 5.41) is 0.